The summed E-state index contributed by atoms with van der Waals surface area (Å²) < 4.78 is 20.1. The molecule has 0 radical (unpaired) electrons. The Labute approximate surface area is 134 Å². The van der Waals surface area contributed by atoms with Crippen molar-refractivity contribution < 1.29 is 14.2 Å². The van der Waals surface area contributed by atoms with Crippen molar-refractivity contribution in [2.24, 2.45) is 5.92 Å². The Morgan fingerprint density at radius 1 is 1.48 bits per heavy atom. The number of ether oxygens (including phenoxy) is 1. The van der Waals surface area contributed by atoms with Gasteiger partial charge in [-0.3, -0.25) is 0 Å². The molecular formula is C16H23BrFNO2. The maximum absolute atomic E-state index is 13.6. The molecule has 1 aliphatic carbocycles. The molecule has 3 nitrogen and oxygen atoms in total. The highest BCUT2D eigenvalue weighted by Gasteiger charge is 2.20. The monoisotopic (exact) mass is 359 g/mol. The molecule has 0 bridgehead atoms. The van der Waals surface area contributed by atoms with E-state index in [0.717, 1.165) is 12.8 Å². The first-order chi connectivity index (χ1) is 10.0. The lowest BCUT2D eigenvalue weighted by Gasteiger charge is -2.27. The molecule has 0 saturated heterocycles. The van der Waals surface area contributed by atoms with Gasteiger partial charge >= 0.3 is 0 Å². The first-order valence-corrected chi connectivity index (χ1v) is 8.32. The lowest BCUT2D eigenvalue weighted by atomic mass is 9.89. The van der Waals surface area contributed by atoms with Crippen molar-refractivity contribution >= 4 is 21.6 Å². The van der Waals surface area contributed by atoms with E-state index in [-0.39, 0.29) is 18.5 Å². The molecule has 1 aliphatic rings. The number of aliphatic hydroxyl groups excluding tert-OH is 1. The Balaban J connectivity index is 1.70. The van der Waals surface area contributed by atoms with Crippen LogP contribution >= 0.6 is 15.9 Å². The molecule has 3 atom stereocenters. The van der Waals surface area contributed by atoms with Gasteiger partial charge in [-0.1, -0.05) is 35.7 Å². The van der Waals surface area contributed by atoms with Gasteiger partial charge in [0.05, 0.1) is 24.5 Å². The van der Waals surface area contributed by atoms with E-state index in [9.17, 15) is 9.50 Å². The van der Waals surface area contributed by atoms with Crippen LogP contribution in [0.15, 0.2) is 22.7 Å². The van der Waals surface area contributed by atoms with Gasteiger partial charge in [0.2, 0.25) is 0 Å². The fourth-order valence-electron chi connectivity index (χ4n) is 2.70. The molecule has 0 aliphatic heterocycles. The minimum Gasteiger partial charge on any atom is -0.389 e. The van der Waals surface area contributed by atoms with Crippen molar-refractivity contribution in [3.05, 3.63) is 28.5 Å². The Morgan fingerprint density at radius 2 is 2.29 bits per heavy atom. The average molecular weight is 360 g/mol. The van der Waals surface area contributed by atoms with Gasteiger partial charge in [0, 0.05) is 11.0 Å². The summed E-state index contributed by atoms with van der Waals surface area (Å²) in [5.41, 5.74) is 0.392. The van der Waals surface area contributed by atoms with E-state index in [1.54, 1.807) is 12.1 Å². The first-order valence-electron chi connectivity index (χ1n) is 7.53. The normalized spacial score (nSPS) is 23.8. The molecule has 5 heteroatoms. The van der Waals surface area contributed by atoms with Gasteiger partial charge in [-0.05, 0) is 37.0 Å². The number of anilines is 1. The summed E-state index contributed by atoms with van der Waals surface area (Å²) in [7, 11) is 0. The predicted molar refractivity (Wildman–Crippen MR) is 86.0 cm³/mol. The van der Waals surface area contributed by atoms with E-state index in [1.807, 2.05) is 0 Å². The molecule has 0 aromatic heterocycles. The Kier molecular flexibility index (Phi) is 6.45. The highest BCUT2D eigenvalue weighted by molar-refractivity contribution is 9.10. The van der Waals surface area contributed by atoms with E-state index in [4.69, 9.17) is 4.74 Å². The van der Waals surface area contributed by atoms with Gasteiger partial charge in [0.1, 0.15) is 5.82 Å². The molecule has 2 rings (SSSR count). The summed E-state index contributed by atoms with van der Waals surface area (Å²) in [5.74, 6) is 0.370. The van der Waals surface area contributed by atoms with Crippen molar-refractivity contribution in [2.75, 3.05) is 18.5 Å². The van der Waals surface area contributed by atoms with Gasteiger partial charge < -0.3 is 15.2 Å². The third-order valence-electron chi connectivity index (χ3n) is 3.87. The van der Waals surface area contributed by atoms with Gasteiger partial charge in [0.25, 0.3) is 0 Å². The van der Waals surface area contributed by atoms with Crippen LogP contribution in [0, 0.1) is 11.7 Å². The van der Waals surface area contributed by atoms with Crippen molar-refractivity contribution in [1.29, 1.82) is 0 Å². The maximum Gasteiger partial charge on any atom is 0.147 e. The second-order valence-electron chi connectivity index (χ2n) is 5.89. The fourth-order valence-corrected chi connectivity index (χ4v) is 3.03. The molecule has 1 saturated carbocycles. The smallest absolute Gasteiger partial charge is 0.147 e. The van der Waals surface area contributed by atoms with Crippen molar-refractivity contribution in [3.63, 3.8) is 0 Å². The molecule has 1 aromatic rings. The molecule has 0 heterocycles. The van der Waals surface area contributed by atoms with Gasteiger partial charge in [-0.2, -0.15) is 0 Å². The maximum atomic E-state index is 13.6. The number of rotatable bonds is 6. The fraction of sp³-hybridized carbons (Fsp3) is 0.625. The van der Waals surface area contributed by atoms with Crippen LogP contribution in [0.1, 0.15) is 32.6 Å². The van der Waals surface area contributed by atoms with E-state index < -0.39 is 6.10 Å². The van der Waals surface area contributed by atoms with E-state index >= 15 is 0 Å². The zero-order valence-electron chi connectivity index (χ0n) is 12.3. The van der Waals surface area contributed by atoms with Crippen LogP contribution in [-0.4, -0.2) is 30.5 Å². The zero-order valence-corrected chi connectivity index (χ0v) is 13.9. The summed E-state index contributed by atoms with van der Waals surface area (Å²) in [4.78, 5) is 0. The quantitative estimate of drug-likeness (QED) is 0.807. The van der Waals surface area contributed by atoms with Crippen molar-refractivity contribution in [2.45, 2.75) is 44.8 Å². The number of benzene rings is 1. The van der Waals surface area contributed by atoms with Crippen molar-refractivity contribution in [3.8, 4) is 0 Å². The summed E-state index contributed by atoms with van der Waals surface area (Å²) in [6.07, 6.45) is 4.24. The molecule has 2 N–H and O–H groups in total. The van der Waals surface area contributed by atoms with Crippen LogP contribution in [-0.2, 0) is 4.74 Å². The molecule has 118 valence electrons. The standard InChI is InChI=1S/C16H23BrFNO2/c1-11-3-2-4-14(7-11)21-10-13(20)9-19-16-6-5-12(17)8-15(16)18/h5-6,8,11,13-14,19-20H,2-4,7,9-10H2,1H3. The lowest BCUT2D eigenvalue weighted by Crippen LogP contribution is -2.30. The van der Waals surface area contributed by atoms with E-state index in [0.29, 0.717) is 22.7 Å². The van der Waals surface area contributed by atoms with Gasteiger partial charge in [-0.25, -0.2) is 4.39 Å². The van der Waals surface area contributed by atoms with Gasteiger partial charge in [0.15, 0.2) is 0 Å². The number of aliphatic hydroxyl groups is 1. The molecular weight excluding hydrogens is 337 g/mol. The number of halogens is 2. The van der Waals surface area contributed by atoms with Crippen molar-refractivity contribution in [1.82, 2.24) is 0 Å². The second kappa shape index (κ2) is 8.11. The highest BCUT2D eigenvalue weighted by atomic mass is 79.9. The Morgan fingerprint density at radius 3 is 3.00 bits per heavy atom. The minimum atomic E-state index is -0.634. The largest absolute Gasteiger partial charge is 0.389 e. The highest BCUT2D eigenvalue weighted by Crippen LogP contribution is 2.25. The molecule has 1 fully saturated rings. The Hall–Kier alpha value is -0.650. The summed E-state index contributed by atoms with van der Waals surface area (Å²) in [5, 5.41) is 12.8. The molecule has 0 amide bonds. The average Bonchev–Trinajstić information content (AvgIpc) is 2.44. The molecule has 1 aromatic carbocycles. The van der Waals surface area contributed by atoms with Crippen LogP contribution in [0.4, 0.5) is 10.1 Å². The topological polar surface area (TPSA) is 41.5 Å². The summed E-state index contributed by atoms with van der Waals surface area (Å²) in [6.45, 7) is 2.81. The van der Waals surface area contributed by atoms with Gasteiger partial charge in [-0.15, -0.1) is 0 Å². The third-order valence-corrected chi connectivity index (χ3v) is 4.37. The zero-order chi connectivity index (χ0) is 15.2. The van der Waals surface area contributed by atoms with Crippen LogP contribution in [0.5, 0.6) is 0 Å². The van der Waals surface area contributed by atoms with Crippen LogP contribution in [0.3, 0.4) is 0 Å². The summed E-state index contributed by atoms with van der Waals surface area (Å²) in [6, 6.07) is 4.81. The minimum absolute atomic E-state index is 0.257. The van der Waals surface area contributed by atoms with E-state index in [1.165, 1.54) is 18.9 Å². The number of nitrogens with one attached hydrogen (secondary N) is 1. The third kappa shape index (κ3) is 5.57. The van der Waals surface area contributed by atoms with Crippen LogP contribution < -0.4 is 5.32 Å². The lowest BCUT2D eigenvalue weighted by molar-refractivity contribution is -0.0274. The Bertz CT molecular complexity index is 458. The molecule has 3 unspecified atom stereocenters. The second-order valence-corrected chi connectivity index (χ2v) is 6.80. The molecule has 0 spiro atoms. The molecule has 21 heavy (non-hydrogen) atoms. The number of hydrogen-bond acceptors (Lipinski definition) is 3. The SMILES string of the molecule is CC1CCCC(OCC(O)CNc2ccc(Br)cc2F)C1. The van der Waals surface area contributed by atoms with E-state index in [2.05, 4.69) is 28.2 Å². The summed E-state index contributed by atoms with van der Waals surface area (Å²) >= 11 is 3.21. The van der Waals surface area contributed by atoms with Crippen LogP contribution in [0.25, 0.3) is 0 Å². The van der Waals surface area contributed by atoms with Crippen LogP contribution in [0.2, 0.25) is 0 Å². The predicted octanol–water partition coefficient (Wildman–Crippen LogP) is 3.96. The first kappa shape index (κ1) is 16.7. The number of hydrogen-bond donors (Lipinski definition) is 2.